The van der Waals surface area contributed by atoms with E-state index in [9.17, 15) is 0 Å². The van der Waals surface area contributed by atoms with Gasteiger partial charge >= 0.3 is 0 Å². The molecule has 2 atom stereocenters. The summed E-state index contributed by atoms with van der Waals surface area (Å²) in [7, 11) is 0. The number of fused-ring (bicyclic) bond motifs is 4. The van der Waals surface area contributed by atoms with Gasteiger partial charge in [-0.2, -0.15) is 18.8 Å². The van der Waals surface area contributed by atoms with Crippen molar-refractivity contribution in [3.63, 3.8) is 0 Å². The summed E-state index contributed by atoms with van der Waals surface area (Å²) in [6, 6.07) is 36.1. The van der Waals surface area contributed by atoms with Crippen molar-refractivity contribution < 1.29 is 25.8 Å². The number of benzene rings is 4. The van der Waals surface area contributed by atoms with Crippen molar-refractivity contribution in [2.24, 2.45) is 23.7 Å². The third-order valence-corrected chi connectivity index (χ3v) is 14.8. The number of nitrogens with zero attached hydrogens (tertiary/aromatic N) is 4. The summed E-state index contributed by atoms with van der Waals surface area (Å²) in [4.78, 5) is 11.3. The Balaban J connectivity index is 0.00000410. The summed E-state index contributed by atoms with van der Waals surface area (Å²) in [5.74, 6) is 5.00. The van der Waals surface area contributed by atoms with Crippen molar-refractivity contribution in [3.05, 3.63) is 109 Å². The van der Waals surface area contributed by atoms with Gasteiger partial charge in [-0.3, -0.25) is 0 Å². The Labute approximate surface area is 351 Å². The number of ether oxygens (including phenoxy) is 1. The number of hydrogen-bond donors (Lipinski definition) is 0. The van der Waals surface area contributed by atoms with Crippen molar-refractivity contribution in [1.29, 1.82) is 0 Å². The first-order chi connectivity index (χ1) is 27.1. The van der Waals surface area contributed by atoms with Crippen molar-refractivity contribution in [2.75, 3.05) is 9.80 Å². The van der Waals surface area contributed by atoms with E-state index in [4.69, 9.17) is 9.72 Å². The summed E-state index contributed by atoms with van der Waals surface area (Å²) >= 11 is 1.75. The van der Waals surface area contributed by atoms with Crippen LogP contribution in [0, 0.1) is 42.5 Å². The van der Waals surface area contributed by atoms with Crippen LogP contribution in [0.3, 0.4) is 0 Å². The molecular weight excluding hydrogens is 888 g/mol. The van der Waals surface area contributed by atoms with E-state index < -0.39 is 0 Å². The van der Waals surface area contributed by atoms with Gasteiger partial charge in [-0.05, 0) is 66.0 Å². The molecule has 0 amide bonds. The first kappa shape index (κ1) is 37.9. The minimum atomic E-state index is 0. The standard InChI is InChI=1S/C49H53N4OS.Pt/c1-33(2)47-31-50-49(55-47)53-43-24-10-9-21-41(43)42-28-27-38(30-46(42)53)54-37-20-13-19-36(29-37)51-32-52(45-26-12-11-25-44(45)51)48-39(34-15-5-3-6-16-34)22-14-23-40(48)35-17-7-4-8-18-35;/h9-13,19-21,24-28,31-35,39-40,48H,3-8,14-18,22-23H2,1-2H3;/q-3;. The Morgan fingerprint density at radius 2 is 1.38 bits per heavy atom. The van der Waals surface area contributed by atoms with Crippen LogP contribution in [0.4, 0.5) is 17.1 Å². The molecule has 0 radical (unpaired) electrons. The predicted molar refractivity (Wildman–Crippen MR) is 228 cm³/mol. The molecule has 3 heterocycles. The maximum Gasteiger partial charge on any atom is 0.192 e. The normalized spacial score (nSPS) is 22.2. The van der Waals surface area contributed by atoms with Crippen LogP contribution < -0.4 is 14.5 Å². The molecule has 3 saturated carbocycles. The minimum absolute atomic E-state index is 0. The molecule has 4 aromatic carbocycles. The molecule has 2 aromatic heterocycles. The van der Waals surface area contributed by atoms with Gasteiger partial charge in [-0.15, -0.1) is 52.7 Å². The van der Waals surface area contributed by atoms with E-state index in [2.05, 4.69) is 114 Å². The number of hydrogen-bond acceptors (Lipinski definition) is 5. The van der Waals surface area contributed by atoms with Crippen LogP contribution in [0.15, 0.2) is 85.1 Å². The van der Waals surface area contributed by atoms with Gasteiger partial charge in [0.05, 0.1) is 0 Å². The topological polar surface area (TPSA) is 33.5 Å². The fourth-order valence-corrected chi connectivity index (χ4v) is 11.9. The third-order valence-electron chi connectivity index (χ3n) is 13.5. The fraction of sp³-hybridized carbons (Fsp3) is 0.429. The van der Waals surface area contributed by atoms with Gasteiger partial charge in [-0.25, -0.2) is 4.98 Å². The Bertz CT molecular complexity index is 2260. The molecule has 0 bridgehead atoms. The number of rotatable bonds is 8. The molecular formula is C49H53N4OPtS-3. The maximum absolute atomic E-state index is 6.65. The first-order valence-corrected chi connectivity index (χ1v) is 22.1. The zero-order valence-corrected chi connectivity index (χ0v) is 35.8. The molecule has 0 saturated heterocycles. The summed E-state index contributed by atoms with van der Waals surface area (Å²) in [6.45, 7) is 6.89. The van der Waals surface area contributed by atoms with Gasteiger partial charge in [0.25, 0.3) is 0 Å². The second-order valence-electron chi connectivity index (χ2n) is 17.1. The molecule has 10 rings (SSSR count). The molecule has 294 valence electrons. The number of para-hydroxylation sites is 3. The maximum atomic E-state index is 6.65. The number of aromatic nitrogens is 2. The van der Waals surface area contributed by atoms with E-state index in [1.165, 1.54) is 105 Å². The number of thiazole rings is 1. The van der Waals surface area contributed by atoms with E-state index in [-0.39, 0.29) is 21.1 Å². The fourth-order valence-electron chi connectivity index (χ4n) is 10.9. The second-order valence-corrected chi connectivity index (χ2v) is 18.1. The van der Waals surface area contributed by atoms with Crippen molar-refractivity contribution in [3.8, 4) is 16.6 Å². The molecule has 3 aliphatic carbocycles. The molecule has 4 aliphatic rings. The zero-order chi connectivity index (χ0) is 36.9. The monoisotopic (exact) mass is 940 g/mol. The molecule has 5 nitrogen and oxygen atoms in total. The van der Waals surface area contributed by atoms with Gasteiger partial charge in [0, 0.05) is 66.6 Å². The Kier molecular flexibility index (Phi) is 11.1. The Hall–Kier alpha value is -3.60. The molecule has 1 aliphatic heterocycles. The number of anilines is 3. The summed E-state index contributed by atoms with van der Waals surface area (Å²) in [6.07, 6.45) is 20.3. The average molecular weight is 941 g/mol. The van der Waals surface area contributed by atoms with Crippen molar-refractivity contribution in [2.45, 2.75) is 109 Å². The Morgan fingerprint density at radius 3 is 2.09 bits per heavy atom. The molecule has 0 N–H and O–H groups in total. The van der Waals surface area contributed by atoms with Gasteiger partial charge < -0.3 is 19.1 Å². The van der Waals surface area contributed by atoms with Crippen LogP contribution in [0.1, 0.15) is 108 Å². The van der Waals surface area contributed by atoms with Gasteiger partial charge in [0.1, 0.15) is 0 Å². The second kappa shape index (κ2) is 16.3. The van der Waals surface area contributed by atoms with Gasteiger partial charge in [-0.1, -0.05) is 120 Å². The summed E-state index contributed by atoms with van der Waals surface area (Å²) < 4.78 is 8.89. The molecule has 7 heteroatoms. The smallest absolute Gasteiger partial charge is 0.192 e. The average Bonchev–Trinajstić information content (AvgIpc) is 3.96. The van der Waals surface area contributed by atoms with E-state index in [0.29, 0.717) is 23.5 Å². The summed E-state index contributed by atoms with van der Waals surface area (Å²) in [5, 5.41) is 3.29. The van der Waals surface area contributed by atoms with Crippen molar-refractivity contribution >= 4 is 50.2 Å². The zero-order valence-electron chi connectivity index (χ0n) is 32.7. The minimum Gasteiger partial charge on any atom is -0.509 e. The SMILES string of the molecule is CC(C)c1cnc(-n2c3[c-]c(Oc4[c-]c(N5[CH-]N(C6C(C7CCCCC7)CCCC6C6CCCCC6)c6ccccc65)ccc4)ccc3c3ccccc32)s1.[Pt]. The quantitative estimate of drug-likeness (QED) is 0.142. The first-order valence-electron chi connectivity index (χ1n) is 21.2. The van der Waals surface area contributed by atoms with Crippen LogP contribution in [0.2, 0.25) is 0 Å². The van der Waals surface area contributed by atoms with Gasteiger partial charge in [0.2, 0.25) is 0 Å². The third kappa shape index (κ3) is 7.02. The van der Waals surface area contributed by atoms with Crippen LogP contribution in [-0.2, 0) is 21.1 Å². The largest absolute Gasteiger partial charge is 0.509 e. The van der Waals surface area contributed by atoms with E-state index in [1.54, 1.807) is 11.3 Å². The molecule has 3 fully saturated rings. The van der Waals surface area contributed by atoms with Crippen LogP contribution in [0.5, 0.6) is 11.5 Å². The predicted octanol–water partition coefficient (Wildman–Crippen LogP) is 13.8. The van der Waals surface area contributed by atoms with Crippen LogP contribution >= 0.6 is 11.3 Å². The van der Waals surface area contributed by atoms with Crippen molar-refractivity contribution in [1.82, 2.24) is 9.55 Å². The Morgan fingerprint density at radius 1 is 0.696 bits per heavy atom. The van der Waals surface area contributed by atoms with E-state index in [0.717, 1.165) is 50.9 Å². The van der Waals surface area contributed by atoms with E-state index >= 15 is 0 Å². The summed E-state index contributed by atoms with van der Waals surface area (Å²) in [5.41, 5.74) is 5.71. The van der Waals surface area contributed by atoms with Gasteiger partial charge in [0.15, 0.2) is 5.13 Å². The van der Waals surface area contributed by atoms with E-state index in [1.807, 2.05) is 18.3 Å². The molecule has 6 aromatic rings. The van der Waals surface area contributed by atoms with Crippen LogP contribution in [0.25, 0.3) is 26.9 Å². The molecule has 2 unspecified atom stereocenters. The molecule has 0 spiro atoms. The molecule has 56 heavy (non-hydrogen) atoms. The van der Waals surface area contributed by atoms with Crippen LogP contribution in [-0.4, -0.2) is 15.6 Å².